The molecule has 7 rings (SSSR count). The molecule has 0 fully saturated rings. The van der Waals surface area contributed by atoms with Crippen LogP contribution in [0.25, 0.3) is 60.9 Å². The molecular formula is C46H40. The number of benzene rings is 6. The Bertz CT molecular complexity index is 2130. The summed E-state index contributed by atoms with van der Waals surface area (Å²) >= 11 is 0. The van der Waals surface area contributed by atoms with Crippen molar-refractivity contribution in [3.8, 4) is 44.5 Å². The van der Waals surface area contributed by atoms with Gasteiger partial charge in [0, 0.05) is 0 Å². The van der Waals surface area contributed by atoms with E-state index in [9.17, 15) is 0 Å². The maximum atomic E-state index is 2.40. The van der Waals surface area contributed by atoms with Crippen molar-refractivity contribution in [2.45, 2.75) is 40.5 Å². The average Bonchev–Trinajstić information content (AvgIpc) is 3.32. The quantitative estimate of drug-likeness (QED) is 0.180. The lowest BCUT2D eigenvalue weighted by Gasteiger charge is -2.18. The molecule has 1 aliphatic carbocycles. The third kappa shape index (κ3) is 5.92. The summed E-state index contributed by atoms with van der Waals surface area (Å²) in [6, 6.07) is 45.3. The van der Waals surface area contributed by atoms with Crippen LogP contribution in [0.15, 0.2) is 151 Å². The summed E-state index contributed by atoms with van der Waals surface area (Å²) in [6.07, 6.45) is 11.0. The second-order valence-corrected chi connectivity index (χ2v) is 12.6. The zero-order valence-electron chi connectivity index (χ0n) is 27.3. The number of rotatable bonds is 6. The Balaban J connectivity index is 1.37. The van der Waals surface area contributed by atoms with E-state index in [1.54, 1.807) is 0 Å². The SMILES string of the molecule is CCc1c(C)cc2ccccc2c1-c1cc(-c2ccc(C3=CCC=C(C)C=C3)cc2)cc(-c2ccc(-c3ccc(C)cc3)cc2)c1. The minimum Gasteiger partial charge on any atom is -0.0778 e. The van der Waals surface area contributed by atoms with Gasteiger partial charge in [0.2, 0.25) is 0 Å². The first-order valence-electron chi connectivity index (χ1n) is 16.5. The lowest BCUT2D eigenvalue weighted by molar-refractivity contribution is 1.12. The number of hydrogen-bond donors (Lipinski definition) is 0. The summed E-state index contributed by atoms with van der Waals surface area (Å²) in [7, 11) is 0. The Kier molecular flexibility index (Phi) is 8.12. The second kappa shape index (κ2) is 12.7. The Morgan fingerprint density at radius 3 is 1.67 bits per heavy atom. The summed E-state index contributed by atoms with van der Waals surface area (Å²) in [5.41, 5.74) is 17.9. The van der Waals surface area contributed by atoms with Gasteiger partial charge in [-0.15, -0.1) is 0 Å². The molecule has 0 amide bonds. The van der Waals surface area contributed by atoms with Crippen LogP contribution in [0.3, 0.4) is 0 Å². The molecule has 0 atom stereocenters. The van der Waals surface area contributed by atoms with Crippen LogP contribution in [0.5, 0.6) is 0 Å². The second-order valence-electron chi connectivity index (χ2n) is 12.6. The van der Waals surface area contributed by atoms with Gasteiger partial charge in [-0.2, -0.15) is 0 Å². The number of allylic oxidation sites excluding steroid dienone is 6. The van der Waals surface area contributed by atoms with Crippen LogP contribution in [-0.4, -0.2) is 0 Å². The summed E-state index contributed by atoms with van der Waals surface area (Å²) in [5, 5.41) is 2.61. The highest BCUT2D eigenvalue weighted by atomic mass is 14.2. The summed E-state index contributed by atoms with van der Waals surface area (Å²) in [4.78, 5) is 0. The van der Waals surface area contributed by atoms with Crippen molar-refractivity contribution >= 4 is 16.3 Å². The van der Waals surface area contributed by atoms with Crippen molar-refractivity contribution in [2.24, 2.45) is 0 Å². The molecule has 0 nitrogen and oxygen atoms in total. The third-order valence-corrected chi connectivity index (χ3v) is 9.41. The van der Waals surface area contributed by atoms with E-state index in [0.29, 0.717) is 0 Å². The fourth-order valence-corrected chi connectivity index (χ4v) is 6.82. The molecule has 224 valence electrons. The lowest BCUT2D eigenvalue weighted by atomic mass is 9.86. The minimum atomic E-state index is 0.967. The van der Waals surface area contributed by atoms with Gasteiger partial charge in [-0.05, 0) is 129 Å². The molecule has 0 aromatic heterocycles. The average molecular weight is 593 g/mol. The standard InChI is InChI=1S/C46H40/c1-5-44-33(4)27-40-10-6-7-12-45(40)46(44)43-29-41(38-23-19-36(20-24-38)34-11-8-9-31(2)13-16-34)28-42(30-43)39-25-21-37(22-26-39)35-17-14-32(3)15-18-35/h6-7,9-30H,5,8H2,1-4H3. The molecule has 0 unspecified atom stereocenters. The first-order chi connectivity index (χ1) is 22.5. The zero-order chi connectivity index (χ0) is 31.6. The molecule has 0 saturated heterocycles. The van der Waals surface area contributed by atoms with E-state index in [2.05, 4.69) is 173 Å². The van der Waals surface area contributed by atoms with E-state index >= 15 is 0 Å². The van der Waals surface area contributed by atoms with Crippen LogP contribution in [0.4, 0.5) is 0 Å². The van der Waals surface area contributed by atoms with Crippen LogP contribution in [0.2, 0.25) is 0 Å². The molecule has 0 N–H and O–H groups in total. The zero-order valence-corrected chi connectivity index (χ0v) is 27.3. The van der Waals surface area contributed by atoms with E-state index in [4.69, 9.17) is 0 Å². The molecule has 0 heterocycles. The highest BCUT2D eigenvalue weighted by Gasteiger charge is 2.15. The highest BCUT2D eigenvalue weighted by molar-refractivity contribution is 6.00. The first kappa shape index (κ1) is 29.5. The van der Waals surface area contributed by atoms with Gasteiger partial charge in [0.15, 0.2) is 0 Å². The van der Waals surface area contributed by atoms with E-state index in [1.165, 1.54) is 88.7 Å². The Labute approximate surface area is 274 Å². The fraction of sp³-hybridized carbons (Fsp3) is 0.130. The molecule has 1 aliphatic rings. The summed E-state index contributed by atoms with van der Waals surface area (Å²) < 4.78 is 0. The molecule has 0 saturated carbocycles. The Hall–Kier alpha value is -5.20. The van der Waals surface area contributed by atoms with Crippen LogP contribution >= 0.6 is 0 Å². The fourth-order valence-electron chi connectivity index (χ4n) is 6.82. The minimum absolute atomic E-state index is 0.967. The Morgan fingerprint density at radius 1 is 0.500 bits per heavy atom. The maximum absolute atomic E-state index is 2.40. The van der Waals surface area contributed by atoms with Crippen molar-refractivity contribution in [3.63, 3.8) is 0 Å². The smallest absolute Gasteiger partial charge is 0.00703 e. The lowest BCUT2D eigenvalue weighted by Crippen LogP contribution is -1.95. The van der Waals surface area contributed by atoms with E-state index in [1.807, 2.05) is 0 Å². The molecule has 46 heavy (non-hydrogen) atoms. The number of fused-ring (bicyclic) bond motifs is 1. The number of aryl methyl sites for hydroxylation is 2. The van der Waals surface area contributed by atoms with Crippen molar-refractivity contribution in [1.82, 2.24) is 0 Å². The highest BCUT2D eigenvalue weighted by Crippen LogP contribution is 2.40. The molecule has 0 bridgehead atoms. The molecule has 0 radical (unpaired) electrons. The van der Waals surface area contributed by atoms with Crippen LogP contribution in [-0.2, 0) is 6.42 Å². The Morgan fingerprint density at radius 2 is 1.04 bits per heavy atom. The van der Waals surface area contributed by atoms with Crippen molar-refractivity contribution in [3.05, 3.63) is 173 Å². The van der Waals surface area contributed by atoms with Gasteiger partial charge in [-0.3, -0.25) is 0 Å². The normalized spacial score (nSPS) is 13.0. The topological polar surface area (TPSA) is 0 Å². The van der Waals surface area contributed by atoms with Gasteiger partial charge >= 0.3 is 0 Å². The summed E-state index contributed by atoms with van der Waals surface area (Å²) in [5.74, 6) is 0. The van der Waals surface area contributed by atoms with Crippen molar-refractivity contribution in [2.75, 3.05) is 0 Å². The largest absolute Gasteiger partial charge is 0.0778 e. The van der Waals surface area contributed by atoms with Crippen LogP contribution in [0, 0.1) is 13.8 Å². The van der Waals surface area contributed by atoms with Gasteiger partial charge < -0.3 is 0 Å². The first-order valence-corrected chi connectivity index (χ1v) is 16.5. The van der Waals surface area contributed by atoms with Gasteiger partial charge in [-0.1, -0.05) is 145 Å². The van der Waals surface area contributed by atoms with Gasteiger partial charge in [0.25, 0.3) is 0 Å². The monoisotopic (exact) mass is 592 g/mol. The van der Waals surface area contributed by atoms with Crippen LogP contribution < -0.4 is 0 Å². The molecular weight excluding hydrogens is 553 g/mol. The van der Waals surface area contributed by atoms with E-state index in [-0.39, 0.29) is 0 Å². The van der Waals surface area contributed by atoms with Crippen LogP contribution in [0.1, 0.15) is 42.5 Å². The predicted molar refractivity (Wildman–Crippen MR) is 200 cm³/mol. The number of hydrogen-bond acceptors (Lipinski definition) is 0. The molecule has 0 spiro atoms. The molecule has 0 heteroatoms. The molecule has 0 aliphatic heterocycles. The van der Waals surface area contributed by atoms with Gasteiger partial charge in [0.1, 0.15) is 0 Å². The van der Waals surface area contributed by atoms with E-state index in [0.717, 1.165) is 12.8 Å². The third-order valence-electron chi connectivity index (χ3n) is 9.41. The van der Waals surface area contributed by atoms with Gasteiger partial charge in [-0.25, -0.2) is 0 Å². The van der Waals surface area contributed by atoms with Crippen molar-refractivity contribution in [1.29, 1.82) is 0 Å². The molecule has 6 aromatic carbocycles. The summed E-state index contributed by atoms with van der Waals surface area (Å²) in [6.45, 7) is 8.84. The van der Waals surface area contributed by atoms with Crippen molar-refractivity contribution < 1.29 is 0 Å². The molecule has 6 aromatic rings. The van der Waals surface area contributed by atoms with E-state index < -0.39 is 0 Å². The van der Waals surface area contributed by atoms with Gasteiger partial charge in [0.05, 0.1) is 0 Å². The predicted octanol–water partition coefficient (Wildman–Crippen LogP) is 13.0. The maximum Gasteiger partial charge on any atom is -0.00703 e.